The van der Waals surface area contributed by atoms with Crippen molar-refractivity contribution in [1.29, 1.82) is 0 Å². The Hall–Kier alpha value is -1.77. The summed E-state index contributed by atoms with van der Waals surface area (Å²) in [5.41, 5.74) is 5.01. The Morgan fingerprint density at radius 3 is 2.87 bits per heavy atom. The summed E-state index contributed by atoms with van der Waals surface area (Å²) in [6.45, 7) is 10.5. The van der Waals surface area contributed by atoms with Crippen LogP contribution in [-0.4, -0.2) is 12.1 Å². The summed E-state index contributed by atoms with van der Waals surface area (Å²) in [5.74, 6) is 1.18. The van der Waals surface area contributed by atoms with E-state index in [1.807, 2.05) is 20.1 Å². The molecular formula is C20H26O3. The van der Waals surface area contributed by atoms with E-state index in [0.717, 1.165) is 30.6 Å². The molecule has 0 saturated heterocycles. The first-order chi connectivity index (χ1) is 10.8. The lowest BCUT2D eigenvalue weighted by molar-refractivity contribution is -0.148. The van der Waals surface area contributed by atoms with Crippen molar-refractivity contribution in [3.05, 3.63) is 46.4 Å². The van der Waals surface area contributed by atoms with Gasteiger partial charge in [0.1, 0.15) is 11.9 Å². The van der Waals surface area contributed by atoms with Crippen LogP contribution in [0.2, 0.25) is 0 Å². The van der Waals surface area contributed by atoms with E-state index in [1.54, 1.807) is 6.08 Å². The first-order valence-electron chi connectivity index (χ1n) is 8.42. The quantitative estimate of drug-likeness (QED) is 0.457. The van der Waals surface area contributed by atoms with Gasteiger partial charge in [0, 0.05) is 24.8 Å². The Morgan fingerprint density at radius 1 is 1.43 bits per heavy atom. The number of allylic oxidation sites excluding steroid dienone is 2. The number of carbonyl (C=O) groups is 1. The van der Waals surface area contributed by atoms with Crippen LogP contribution in [0.25, 0.3) is 0 Å². The first kappa shape index (κ1) is 16.1. The Labute approximate surface area is 138 Å². The van der Waals surface area contributed by atoms with E-state index in [1.165, 1.54) is 16.7 Å². The highest BCUT2D eigenvalue weighted by Gasteiger charge is 2.46. The molecule has 3 nitrogen and oxygen atoms in total. The second-order valence-electron chi connectivity index (χ2n) is 7.54. The molecule has 0 spiro atoms. The van der Waals surface area contributed by atoms with Gasteiger partial charge in [-0.25, -0.2) is 4.79 Å². The summed E-state index contributed by atoms with van der Waals surface area (Å²) in [6, 6.07) is 0. The molecule has 124 valence electrons. The molecule has 1 heterocycles. The molecule has 23 heavy (non-hydrogen) atoms. The van der Waals surface area contributed by atoms with Gasteiger partial charge in [0.25, 0.3) is 0 Å². The first-order valence-corrected chi connectivity index (χ1v) is 8.42. The van der Waals surface area contributed by atoms with E-state index in [-0.39, 0.29) is 17.5 Å². The van der Waals surface area contributed by atoms with Crippen LogP contribution in [-0.2, 0) is 22.4 Å². The second-order valence-corrected chi connectivity index (χ2v) is 7.54. The average Bonchev–Trinajstić information content (AvgIpc) is 2.81. The van der Waals surface area contributed by atoms with Crippen LogP contribution in [0.1, 0.15) is 51.0 Å². The maximum Gasteiger partial charge on any atom is 0.330 e. The Balaban J connectivity index is 1.85. The molecule has 1 aromatic rings. The molecule has 2 aliphatic rings. The zero-order chi connectivity index (χ0) is 16.8. The Kier molecular flexibility index (Phi) is 3.99. The van der Waals surface area contributed by atoms with Crippen LogP contribution in [0, 0.1) is 18.3 Å². The summed E-state index contributed by atoms with van der Waals surface area (Å²) in [4.78, 5) is 12.0. The topological polar surface area (TPSA) is 39.4 Å². The summed E-state index contributed by atoms with van der Waals surface area (Å²) in [7, 11) is 0. The zero-order valence-corrected chi connectivity index (χ0v) is 14.7. The standard InChI is InChI=1S/C20H26O3/c1-12(2)8-19(21)23-17-7-6-15-9-18-16(13(3)11-22-18)10-20(15,5)14(17)4/h6,8,11,14,17H,7,9-10H2,1-5H3/t14-,17+,20+/m0/s1. The van der Waals surface area contributed by atoms with Crippen molar-refractivity contribution in [1.82, 2.24) is 0 Å². The van der Waals surface area contributed by atoms with Gasteiger partial charge in [0.2, 0.25) is 0 Å². The van der Waals surface area contributed by atoms with Crippen LogP contribution in [0.4, 0.5) is 0 Å². The highest BCUT2D eigenvalue weighted by molar-refractivity contribution is 5.82. The largest absolute Gasteiger partial charge is 0.468 e. The molecule has 0 aliphatic heterocycles. The zero-order valence-electron chi connectivity index (χ0n) is 14.7. The number of esters is 1. The lowest BCUT2D eigenvalue weighted by Crippen LogP contribution is -2.44. The molecule has 3 heteroatoms. The molecule has 0 radical (unpaired) electrons. The SMILES string of the molecule is CC(C)=CC(=O)O[C@@H]1CC=C2Cc3occ(C)c3C[C@]2(C)[C@H]1C. The number of furan rings is 1. The summed E-state index contributed by atoms with van der Waals surface area (Å²) in [5, 5.41) is 0. The van der Waals surface area contributed by atoms with Gasteiger partial charge in [-0.05, 0) is 43.7 Å². The van der Waals surface area contributed by atoms with Crippen molar-refractivity contribution >= 4 is 5.97 Å². The van der Waals surface area contributed by atoms with Crippen molar-refractivity contribution in [2.75, 3.05) is 0 Å². The van der Waals surface area contributed by atoms with Crippen molar-refractivity contribution in [2.45, 2.75) is 60.0 Å². The molecule has 0 aromatic carbocycles. The van der Waals surface area contributed by atoms with Gasteiger partial charge in [-0.1, -0.05) is 31.1 Å². The highest BCUT2D eigenvalue weighted by Crippen LogP contribution is 2.50. The van der Waals surface area contributed by atoms with E-state index in [4.69, 9.17) is 9.15 Å². The number of ether oxygens (including phenoxy) is 1. The molecule has 0 bridgehead atoms. The monoisotopic (exact) mass is 314 g/mol. The van der Waals surface area contributed by atoms with Crippen molar-refractivity contribution < 1.29 is 13.9 Å². The predicted molar refractivity (Wildman–Crippen MR) is 90.1 cm³/mol. The van der Waals surface area contributed by atoms with E-state index in [9.17, 15) is 4.79 Å². The minimum atomic E-state index is -0.224. The number of carbonyl (C=O) groups excluding carboxylic acids is 1. The fraction of sp³-hybridized carbons (Fsp3) is 0.550. The average molecular weight is 314 g/mol. The molecule has 0 fully saturated rings. The summed E-state index contributed by atoms with van der Waals surface area (Å²) < 4.78 is 11.5. The molecule has 3 rings (SSSR count). The number of hydrogen-bond acceptors (Lipinski definition) is 3. The minimum Gasteiger partial charge on any atom is -0.468 e. The van der Waals surface area contributed by atoms with Gasteiger partial charge in [-0.3, -0.25) is 0 Å². The van der Waals surface area contributed by atoms with E-state index in [0.29, 0.717) is 5.92 Å². The minimum absolute atomic E-state index is 0.0375. The third kappa shape index (κ3) is 2.77. The van der Waals surface area contributed by atoms with Gasteiger partial charge in [-0.15, -0.1) is 0 Å². The normalized spacial score (nSPS) is 29.2. The molecular weight excluding hydrogens is 288 g/mol. The summed E-state index contributed by atoms with van der Waals surface area (Å²) in [6.07, 6.45) is 8.30. The van der Waals surface area contributed by atoms with E-state index in [2.05, 4.69) is 26.8 Å². The van der Waals surface area contributed by atoms with Crippen LogP contribution in [0.5, 0.6) is 0 Å². The van der Waals surface area contributed by atoms with Crippen molar-refractivity contribution in [3.8, 4) is 0 Å². The van der Waals surface area contributed by atoms with Gasteiger partial charge in [-0.2, -0.15) is 0 Å². The lowest BCUT2D eigenvalue weighted by atomic mass is 9.59. The third-order valence-corrected chi connectivity index (χ3v) is 5.65. The number of fused-ring (bicyclic) bond motifs is 2. The maximum absolute atomic E-state index is 12.0. The molecule has 2 aliphatic carbocycles. The van der Waals surface area contributed by atoms with Crippen LogP contribution in [0.3, 0.4) is 0 Å². The fourth-order valence-corrected chi connectivity index (χ4v) is 3.96. The molecule has 0 unspecified atom stereocenters. The number of rotatable bonds is 2. The maximum atomic E-state index is 12.0. The Bertz CT molecular complexity index is 688. The lowest BCUT2D eigenvalue weighted by Gasteiger charge is -2.46. The van der Waals surface area contributed by atoms with Crippen molar-refractivity contribution in [2.24, 2.45) is 11.3 Å². The number of aryl methyl sites for hydroxylation is 1. The van der Waals surface area contributed by atoms with Crippen LogP contribution < -0.4 is 0 Å². The molecule has 0 N–H and O–H groups in total. The summed E-state index contributed by atoms with van der Waals surface area (Å²) >= 11 is 0. The van der Waals surface area contributed by atoms with Gasteiger partial charge in [0.15, 0.2) is 0 Å². The Morgan fingerprint density at radius 2 is 2.17 bits per heavy atom. The van der Waals surface area contributed by atoms with Crippen molar-refractivity contribution in [3.63, 3.8) is 0 Å². The van der Waals surface area contributed by atoms with Gasteiger partial charge < -0.3 is 9.15 Å². The highest BCUT2D eigenvalue weighted by atomic mass is 16.5. The molecule has 0 saturated carbocycles. The van der Waals surface area contributed by atoms with Gasteiger partial charge >= 0.3 is 5.97 Å². The fourth-order valence-electron chi connectivity index (χ4n) is 3.96. The van der Waals surface area contributed by atoms with Crippen LogP contribution >= 0.6 is 0 Å². The second kappa shape index (κ2) is 5.70. The van der Waals surface area contributed by atoms with Gasteiger partial charge in [0.05, 0.1) is 6.26 Å². The third-order valence-electron chi connectivity index (χ3n) is 5.65. The molecule has 0 amide bonds. The van der Waals surface area contributed by atoms with E-state index >= 15 is 0 Å². The van der Waals surface area contributed by atoms with Crippen LogP contribution in [0.15, 0.2) is 34.0 Å². The smallest absolute Gasteiger partial charge is 0.330 e. The van der Waals surface area contributed by atoms with E-state index < -0.39 is 0 Å². The molecule has 3 atom stereocenters. The number of hydrogen-bond donors (Lipinski definition) is 0. The molecule has 1 aromatic heterocycles. The predicted octanol–water partition coefficient (Wildman–Crippen LogP) is 4.54.